The average molecular weight is 273 g/mol. The highest BCUT2D eigenvalue weighted by Gasteiger charge is 2.25. The molecule has 4 N–H and O–H groups in total. The number of nitrogens with one attached hydrogen (secondary N) is 1. The summed E-state index contributed by atoms with van der Waals surface area (Å²) in [5.41, 5.74) is 7.84. The minimum Gasteiger partial charge on any atom is -0.480 e. The molecule has 3 rings (SSSR count). The first kappa shape index (κ1) is 12.6. The van der Waals surface area contributed by atoms with Gasteiger partial charge in [0, 0.05) is 25.3 Å². The Morgan fingerprint density at radius 2 is 2.30 bits per heavy atom. The number of hydrogen-bond donors (Lipinski definition) is 3. The predicted molar refractivity (Wildman–Crippen MR) is 75.6 cm³/mol. The van der Waals surface area contributed by atoms with E-state index in [1.807, 2.05) is 11.0 Å². The maximum atomic E-state index is 11.0. The quantitative estimate of drug-likeness (QED) is 0.665. The number of aliphatic carboxylic acids is 1. The zero-order valence-corrected chi connectivity index (χ0v) is 10.8. The maximum Gasteiger partial charge on any atom is 0.322 e. The molecule has 0 bridgehead atoms. The molecule has 0 aliphatic carbocycles. The second kappa shape index (κ2) is 4.93. The number of carbonyl (C=O) groups is 1. The van der Waals surface area contributed by atoms with E-state index in [1.54, 1.807) is 18.3 Å². The summed E-state index contributed by atoms with van der Waals surface area (Å²) in [7, 11) is 0. The Labute approximate surface area is 115 Å². The molecule has 2 aromatic rings. The van der Waals surface area contributed by atoms with Crippen molar-refractivity contribution >= 4 is 28.5 Å². The summed E-state index contributed by atoms with van der Waals surface area (Å²) >= 11 is 0. The van der Waals surface area contributed by atoms with E-state index < -0.39 is 12.0 Å². The molecule has 7 heteroatoms. The molecule has 1 aliphatic heterocycles. The van der Waals surface area contributed by atoms with Crippen molar-refractivity contribution in [2.45, 2.75) is 6.04 Å². The number of rotatable bonds is 2. The molecule has 0 saturated carbocycles. The number of nitrogen functional groups attached to an aromatic ring is 1. The molecule has 20 heavy (non-hydrogen) atoms. The topological polar surface area (TPSA) is 104 Å². The lowest BCUT2D eigenvalue weighted by Crippen LogP contribution is -2.54. The van der Waals surface area contributed by atoms with Gasteiger partial charge in [0.2, 0.25) is 0 Å². The van der Waals surface area contributed by atoms with Crippen molar-refractivity contribution in [2.75, 3.05) is 30.3 Å². The number of carboxylic acids is 1. The van der Waals surface area contributed by atoms with E-state index in [9.17, 15) is 4.79 Å². The van der Waals surface area contributed by atoms with Gasteiger partial charge in [-0.3, -0.25) is 9.78 Å². The molecule has 0 radical (unpaired) electrons. The molecule has 1 atom stereocenters. The predicted octanol–water partition coefficient (Wildman–Crippen LogP) is 0.0748. The van der Waals surface area contributed by atoms with Gasteiger partial charge in [0.1, 0.15) is 11.9 Å². The van der Waals surface area contributed by atoms with Gasteiger partial charge in [-0.05, 0) is 18.2 Å². The van der Waals surface area contributed by atoms with Gasteiger partial charge in [0.25, 0.3) is 0 Å². The summed E-state index contributed by atoms with van der Waals surface area (Å²) in [6.07, 6.45) is 1.66. The first-order chi connectivity index (χ1) is 9.63. The number of carboxylic acid groups (broad SMARTS) is 1. The molecule has 0 unspecified atom stereocenters. The van der Waals surface area contributed by atoms with Crippen LogP contribution < -0.4 is 16.0 Å². The van der Waals surface area contributed by atoms with Gasteiger partial charge >= 0.3 is 5.97 Å². The van der Waals surface area contributed by atoms with Gasteiger partial charge in [-0.2, -0.15) is 0 Å². The number of aromatic nitrogens is 2. The van der Waals surface area contributed by atoms with Gasteiger partial charge < -0.3 is 21.1 Å². The van der Waals surface area contributed by atoms with Crippen LogP contribution in [0.25, 0.3) is 11.0 Å². The summed E-state index contributed by atoms with van der Waals surface area (Å²) in [4.78, 5) is 21.8. The third kappa shape index (κ3) is 2.35. The Bertz CT molecular complexity index is 660. The number of piperazine rings is 1. The maximum absolute atomic E-state index is 11.0. The van der Waals surface area contributed by atoms with E-state index >= 15 is 0 Å². The largest absolute Gasteiger partial charge is 0.480 e. The SMILES string of the molecule is Nc1ccc2nc(N3CCN[C@H](C(=O)O)C3)cnc2c1. The molecule has 1 aliphatic rings. The Hall–Kier alpha value is -2.41. The van der Waals surface area contributed by atoms with E-state index in [-0.39, 0.29) is 0 Å². The zero-order chi connectivity index (χ0) is 14.1. The van der Waals surface area contributed by atoms with Crippen molar-refractivity contribution in [3.63, 3.8) is 0 Å². The first-order valence-electron chi connectivity index (χ1n) is 6.37. The summed E-state index contributed by atoms with van der Waals surface area (Å²) in [6.45, 7) is 1.70. The van der Waals surface area contributed by atoms with Gasteiger partial charge in [-0.25, -0.2) is 4.98 Å². The third-order valence-electron chi connectivity index (χ3n) is 3.35. The Kier molecular flexibility index (Phi) is 3.11. The van der Waals surface area contributed by atoms with Crippen LogP contribution in [0.5, 0.6) is 0 Å². The minimum atomic E-state index is -0.851. The molecule has 1 aromatic carbocycles. The van der Waals surface area contributed by atoms with E-state index in [0.717, 1.165) is 11.0 Å². The number of nitrogens with zero attached hydrogens (tertiary/aromatic N) is 3. The van der Waals surface area contributed by atoms with Crippen LogP contribution in [0.2, 0.25) is 0 Å². The van der Waals surface area contributed by atoms with Crippen LogP contribution in [0, 0.1) is 0 Å². The number of benzene rings is 1. The van der Waals surface area contributed by atoms with E-state index in [4.69, 9.17) is 10.8 Å². The summed E-state index contributed by atoms with van der Waals surface area (Å²) in [5, 5.41) is 12.0. The Morgan fingerprint density at radius 1 is 1.45 bits per heavy atom. The summed E-state index contributed by atoms with van der Waals surface area (Å²) in [6, 6.07) is 4.79. The van der Waals surface area contributed by atoms with E-state index in [2.05, 4.69) is 15.3 Å². The highest BCUT2D eigenvalue weighted by atomic mass is 16.4. The van der Waals surface area contributed by atoms with Crippen molar-refractivity contribution in [1.82, 2.24) is 15.3 Å². The third-order valence-corrected chi connectivity index (χ3v) is 3.35. The van der Waals surface area contributed by atoms with Crippen LogP contribution in [0.3, 0.4) is 0 Å². The van der Waals surface area contributed by atoms with Gasteiger partial charge in [-0.15, -0.1) is 0 Å². The zero-order valence-electron chi connectivity index (χ0n) is 10.8. The highest BCUT2D eigenvalue weighted by molar-refractivity contribution is 5.79. The second-order valence-electron chi connectivity index (χ2n) is 4.77. The van der Waals surface area contributed by atoms with Crippen molar-refractivity contribution in [3.05, 3.63) is 24.4 Å². The van der Waals surface area contributed by atoms with Crippen LogP contribution in [0.15, 0.2) is 24.4 Å². The minimum absolute atomic E-state index is 0.379. The first-order valence-corrected chi connectivity index (χ1v) is 6.37. The fourth-order valence-electron chi connectivity index (χ4n) is 2.29. The fraction of sp³-hybridized carbons (Fsp3) is 0.308. The molecule has 7 nitrogen and oxygen atoms in total. The molecule has 2 heterocycles. The molecule has 0 spiro atoms. The normalized spacial score (nSPS) is 19.2. The number of fused-ring (bicyclic) bond motifs is 1. The number of anilines is 2. The fourth-order valence-corrected chi connectivity index (χ4v) is 2.29. The smallest absolute Gasteiger partial charge is 0.322 e. The van der Waals surface area contributed by atoms with Crippen LogP contribution in [0.1, 0.15) is 0 Å². The van der Waals surface area contributed by atoms with Crippen LogP contribution in [0.4, 0.5) is 11.5 Å². The van der Waals surface area contributed by atoms with Gasteiger partial charge in [0.15, 0.2) is 0 Å². The molecule has 1 fully saturated rings. The average Bonchev–Trinajstić information content (AvgIpc) is 2.47. The Balaban J connectivity index is 1.90. The lowest BCUT2D eigenvalue weighted by atomic mass is 10.2. The molecule has 0 amide bonds. The lowest BCUT2D eigenvalue weighted by Gasteiger charge is -2.32. The lowest BCUT2D eigenvalue weighted by molar-refractivity contribution is -0.139. The van der Waals surface area contributed by atoms with Gasteiger partial charge in [-0.1, -0.05) is 0 Å². The van der Waals surface area contributed by atoms with Crippen molar-refractivity contribution in [3.8, 4) is 0 Å². The number of nitrogens with two attached hydrogens (primary N) is 1. The molecule has 1 saturated heterocycles. The Morgan fingerprint density at radius 3 is 3.10 bits per heavy atom. The van der Waals surface area contributed by atoms with Crippen LogP contribution in [-0.4, -0.2) is 46.7 Å². The van der Waals surface area contributed by atoms with Crippen molar-refractivity contribution < 1.29 is 9.90 Å². The summed E-state index contributed by atoms with van der Waals surface area (Å²) in [5.74, 6) is -0.161. The molecular formula is C13H15N5O2. The molecule has 104 valence electrons. The standard InChI is InChI=1S/C13H15N5O2/c14-8-1-2-9-10(5-8)16-6-12(17-9)18-4-3-15-11(7-18)13(19)20/h1-2,5-6,11,15H,3-4,7,14H2,(H,19,20)/t11-/m0/s1. The van der Waals surface area contributed by atoms with Crippen molar-refractivity contribution in [1.29, 1.82) is 0 Å². The molecular weight excluding hydrogens is 258 g/mol. The highest BCUT2D eigenvalue weighted by Crippen LogP contribution is 2.18. The molecule has 1 aromatic heterocycles. The summed E-state index contributed by atoms with van der Waals surface area (Å²) < 4.78 is 0. The monoisotopic (exact) mass is 273 g/mol. The number of hydrogen-bond acceptors (Lipinski definition) is 6. The van der Waals surface area contributed by atoms with E-state index in [0.29, 0.717) is 31.1 Å². The van der Waals surface area contributed by atoms with Crippen LogP contribution >= 0.6 is 0 Å². The van der Waals surface area contributed by atoms with Crippen LogP contribution in [-0.2, 0) is 4.79 Å². The van der Waals surface area contributed by atoms with Gasteiger partial charge in [0.05, 0.1) is 17.2 Å². The van der Waals surface area contributed by atoms with E-state index in [1.165, 1.54) is 0 Å². The second-order valence-corrected chi connectivity index (χ2v) is 4.77. The van der Waals surface area contributed by atoms with Crippen molar-refractivity contribution in [2.24, 2.45) is 0 Å².